The minimum absolute atomic E-state index is 0.0773. The molecule has 2 rings (SSSR count). The number of nitrogens with one attached hydrogen (secondary N) is 1. The van der Waals surface area contributed by atoms with Gasteiger partial charge in [0, 0.05) is 12.1 Å². The van der Waals surface area contributed by atoms with Crippen molar-refractivity contribution >= 4 is 5.97 Å². The Balaban J connectivity index is 2.05. The number of nitrogens with zero attached hydrogens (tertiary/aromatic N) is 1. The second-order valence-electron chi connectivity index (χ2n) is 6.62. The minimum Gasteiger partial charge on any atom is -0.468 e. The van der Waals surface area contributed by atoms with Gasteiger partial charge in [-0.1, -0.05) is 33.1 Å². The number of carbonyl (C=O) groups is 1. The summed E-state index contributed by atoms with van der Waals surface area (Å²) in [6.07, 6.45) is 9.69. The van der Waals surface area contributed by atoms with E-state index in [-0.39, 0.29) is 5.97 Å². The van der Waals surface area contributed by atoms with E-state index >= 15 is 0 Å². The molecule has 0 spiro atoms. The molecule has 2 atom stereocenters. The molecule has 0 radical (unpaired) electrons. The first-order chi connectivity index (χ1) is 10.2. The lowest BCUT2D eigenvalue weighted by Gasteiger charge is -2.38. The lowest BCUT2D eigenvalue weighted by molar-refractivity contribution is -0.148. The highest BCUT2D eigenvalue weighted by Gasteiger charge is 2.47. The van der Waals surface area contributed by atoms with Crippen LogP contribution in [0.15, 0.2) is 0 Å². The molecule has 1 N–H and O–H groups in total. The van der Waals surface area contributed by atoms with E-state index in [9.17, 15) is 4.79 Å². The molecule has 0 aromatic carbocycles. The summed E-state index contributed by atoms with van der Waals surface area (Å²) in [5.41, 5.74) is -0.448. The molecule has 0 aromatic rings. The Morgan fingerprint density at radius 3 is 2.48 bits per heavy atom. The van der Waals surface area contributed by atoms with Crippen LogP contribution in [-0.2, 0) is 9.53 Å². The number of ether oxygens (including phenoxy) is 1. The van der Waals surface area contributed by atoms with Crippen LogP contribution in [0.4, 0.5) is 0 Å². The van der Waals surface area contributed by atoms with Crippen molar-refractivity contribution in [2.45, 2.75) is 82.8 Å². The maximum absolute atomic E-state index is 12.3. The molecule has 0 aromatic heterocycles. The molecule has 4 nitrogen and oxygen atoms in total. The number of methoxy groups -OCH3 is 1. The van der Waals surface area contributed by atoms with Gasteiger partial charge in [0.25, 0.3) is 0 Å². The van der Waals surface area contributed by atoms with Crippen molar-refractivity contribution in [3.8, 4) is 0 Å². The van der Waals surface area contributed by atoms with Crippen molar-refractivity contribution < 1.29 is 9.53 Å². The molecular weight excluding hydrogens is 264 g/mol. The van der Waals surface area contributed by atoms with Crippen molar-refractivity contribution in [3.05, 3.63) is 0 Å². The number of rotatable bonds is 6. The highest BCUT2D eigenvalue weighted by Crippen LogP contribution is 2.37. The van der Waals surface area contributed by atoms with Crippen LogP contribution in [0.25, 0.3) is 0 Å². The number of likely N-dealkylation sites (N-methyl/N-ethyl adjacent to an activating group) is 1. The minimum atomic E-state index is -0.448. The first-order valence-electron chi connectivity index (χ1n) is 8.76. The van der Waals surface area contributed by atoms with Crippen LogP contribution in [0.1, 0.15) is 65.2 Å². The van der Waals surface area contributed by atoms with Crippen molar-refractivity contribution in [1.29, 1.82) is 0 Å². The third-order valence-corrected chi connectivity index (χ3v) is 5.46. The van der Waals surface area contributed by atoms with Gasteiger partial charge in [-0.05, 0) is 45.2 Å². The van der Waals surface area contributed by atoms with Crippen molar-refractivity contribution in [2.24, 2.45) is 0 Å². The highest BCUT2D eigenvalue weighted by molar-refractivity contribution is 5.81. The SMILES string of the molecule is CCNC1(C(=O)OC)CCC(N(CC)C2CCCCC2)C1. The van der Waals surface area contributed by atoms with E-state index in [1.54, 1.807) is 0 Å². The van der Waals surface area contributed by atoms with Gasteiger partial charge in [-0.25, -0.2) is 0 Å². The van der Waals surface area contributed by atoms with Gasteiger partial charge in [-0.2, -0.15) is 0 Å². The Morgan fingerprint density at radius 2 is 1.90 bits per heavy atom. The van der Waals surface area contributed by atoms with E-state index in [1.807, 2.05) is 0 Å². The van der Waals surface area contributed by atoms with E-state index in [2.05, 4.69) is 24.1 Å². The molecule has 122 valence electrons. The Labute approximate surface area is 129 Å². The van der Waals surface area contributed by atoms with Gasteiger partial charge in [0.2, 0.25) is 0 Å². The number of hydrogen-bond donors (Lipinski definition) is 1. The fourth-order valence-corrected chi connectivity index (χ4v) is 4.48. The van der Waals surface area contributed by atoms with Crippen molar-refractivity contribution in [2.75, 3.05) is 20.2 Å². The topological polar surface area (TPSA) is 41.6 Å². The first-order valence-corrected chi connectivity index (χ1v) is 8.76. The second-order valence-corrected chi connectivity index (χ2v) is 6.62. The van der Waals surface area contributed by atoms with Gasteiger partial charge in [0.05, 0.1) is 7.11 Å². The number of carbonyl (C=O) groups excluding carboxylic acids is 1. The van der Waals surface area contributed by atoms with Gasteiger partial charge >= 0.3 is 5.97 Å². The smallest absolute Gasteiger partial charge is 0.326 e. The third kappa shape index (κ3) is 3.59. The zero-order valence-corrected chi connectivity index (χ0v) is 14.0. The zero-order chi connectivity index (χ0) is 15.3. The molecule has 4 heteroatoms. The Bertz CT molecular complexity index is 342. The van der Waals surface area contributed by atoms with Crippen LogP contribution in [-0.4, -0.2) is 48.7 Å². The van der Waals surface area contributed by atoms with E-state index in [1.165, 1.54) is 39.2 Å². The zero-order valence-electron chi connectivity index (χ0n) is 14.0. The summed E-state index contributed by atoms with van der Waals surface area (Å²) < 4.78 is 5.08. The summed E-state index contributed by atoms with van der Waals surface area (Å²) in [6, 6.07) is 1.25. The van der Waals surface area contributed by atoms with Gasteiger partial charge < -0.3 is 10.1 Å². The third-order valence-electron chi connectivity index (χ3n) is 5.46. The molecule has 0 saturated heterocycles. The average Bonchev–Trinajstić information content (AvgIpc) is 2.94. The van der Waals surface area contributed by atoms with Crippen LogP contribution < -0.4 is 5.32 Å². The first kappa shape index (κ1) is 16.8. The molecular formula is C17H32N2O2. The van der Waals surface area contributed by atoms with Crippen LogP contribution in [0.3, 0.4) is 0 Å². The van der Waals surface area contributed by atoms with E-state index < -0.39 is 5.54 Å². The van der Waals surface area contributed by atoms with Crippen molar-refractivity contribution in [3.63, 3.8) is 0 Å². The molecule has 2 unspecified atom stereocenters. The summed E-state index contributed by atoms with van der Waals surface area (Å²) in [5.74, 6) is -0.0773. The normalized spacial score (nSPS) is 30.8. The lowest BCUT2D eigenvalue weighted by Crippen LogP contribution is -2.52. The molecule has 0 heterocycles. The molecule has 2 fully saturated rings. The Kier molecular flexibility index (Phi) is 6.06. The van der Waals surface area contributed by atoms with Gasteiger partial charge in [-0.15, -0.1) is 0 Å². The predicted octanol–water partition coefficient (Wildman–Crippen LogP) is 2.71. The van der Waals surface area contributed by atoms with Crippen LogP contribution in [0.2, 0.25) is 0 Å². The summed E-state index contributed by atoms with van der Waals surface area (Å²) >= 11 is 0. The summed E-state index contributed by atoms with van der Waals surface area (Å²) in [7, 11) is 1.51. The summed E-state index contributed by atoms with van der Waals surface area (Å²) in [6.45, 7) is 6.24. The summed E-state index contributed by atoms with van der Waals surface area (Å²) in [4.78, 5) is 14.9. The fraction of sp³-hybridized carbons (Fsp3) is 0.941. The van der Waals surface area contributed by atoms with Crippen molar-refractivity contribution in [1.82, 2.24) is 10.2 Å². The molecule has 0 bridgehead atoms. The maximum atomic E-state index is 12.3. The van der Waals surface area contributed by atoms with Gasteiger partial charge in [0.1, 0.15) is 5.54 Å². The number of esters is 1. The van der Waals surface area contributed by atoms with Crippen LogP contribution >= 0.6 is 0 Å². The Morgan fingerprint density at radius 1 is 1.19 bits per heavy atom. The van der Waals surface area contributed by atoms with Gasteiger partial charge in [-0.3, -0.25) is 9.69 Å². The van der Waals surface area contributed by atoms with E-state index in [0.717, 1.165) is 38.4 Å². The molecule has 0 amide bonds. The van der Waals surface area contributed by atoms with Crippen LogP contribution in [0.5, 0.6) is 0 Å². The van der Waals surface area contributed by atoms with E-state index in [0.29, 0.717) is 6.04 Å². The lowest BCUT2D eigenvalue weighted by atomic mass is 9.92. The highest BCUT2D eigenvalue weighted by atomic mass is 16.5. The second kappa shape index (κ2) is 7.59. The van der Waals surface area contributed by atoms with E-state index in [4.69, 9.17) is 4.74 Å². The average molecular weight is 296 g/mol. The monoisotopic (exact) mass is 296 g/mol. The molecule has 21 heavy (non-hydrogen) atoms. The maximum Gasteiger partial charge on any atom is 0.326 e. The molecule has 2 aliphatic rings. The fourth-order valence-electron chi connectivity index (χ4n) is 4.48. The quantitative estimate of drug-likeness (QED) is 0.765. The molecule has 2 aliphatic carbocycles. The van der Waals surface area contributed by atoms with Crippen LogP contribution in [0, 0.1) is 0 Å². The molecule has 2 saturated carbocycles. The standard InChI is InChI=1S/C17H32N2O2/c1-4-18-17(16(20)21-3)12-11-15(13-17)19(5-2)14-9-7-6-8-10-14/h14-15,18H,4-13H2,1-3H3. The Hall–Kier alpha value is -0.610. The number of hydrogen-bond acceptors (Lipinski definition) is 4. The van der Waals surface area contributed by atoms with Gasteiger partial charge in [0.15, 0.2) is 0 Å². The summed E-state index contributed by atoms with van der Waals surface area (Å²) in [5, 5.41) is 3.42. The molecule has 0 aliphatic heterocycles. The largest absolute Gasteiger partial charge is 0.468 e. The predicted molar refractivity (Wildman–Crippen MR) is 85.3 cm³/mol.